The van der Waals surface area contributed by atoms with Gasteiger partial charge in [-0.3, -0.25) is 4.79 Å². The number of methoxy groups -OCH3 is 2. The van der Waals surface area contributed by atoms with Crippen LogP contribution in [0, 0.1) is 0 Å². The van der Waals surface area contributed by atoms with Crippen LogP contribution in [0.2, 0.25) is 5.02 Å². The van der Waals surface area contributed by atoms with E-state index in [2.05, 4.69) is 10.1 Å². The predicted molar refractivity (Wildman–Crippen MR) is 84.1 cm³/mol. The molecule has 0 unspecified atom stereocenters. The number of rotatable bonds is 5. The lowest BCUT2D eigenvalue weighted by Crippen LogP contribution is -2.31. The van der Waals surface area contributed by atoms with Crippen molar-refractivity contribution in [2.45, 2.75) is 25.8 Å². The second kappa shape index (κ2) is 6.87. The molecule has 2 rings (SSSR count). The molecule has 1 atom stereocenters. The Morgan fingerprint density at radius 1 is 1.35 bits per heavy atom. The molecule has 0 aromatic heterocycles. The quantitative estimate of drug-likeness (QED) is 0.657. The number of benzene rings is 1. The molecule has 1 aromatic rings. The van der Waals surface area contributed by atoms with Gasteiger partial charge in [0.1, 0.15) is 17.4 Å². The maximum absolute atomic E-state index is 12.4. The maximum atomic E-state index is 12.4. The lowest BCUT2D eigenvalue weighted by atomic mass is 10.1. The SMILES string of the molecule is CCC[C@H]1NC(=O)N(c2cc(OC)c(C(=O)OC)cc2Cl)C1=O. The number of carbonyl (C=O) groups is 3. The molecule has 1 aliphatic heterocycles. The standard InChI is InChI=1S/C15H17ClN2O5/c1-4-5-10-13(19)18(15(21)17-10)11-7-12(22-2)8(6-9(11)16)14(20)23-3/h6-7,10H,4-5H2,1-3H3,(H,17,21)/t10-/m1/s1. The normalized spacial score (nSPS) is 17.2. The van der Waals surface area contributed by atoms with Crippen molar-refractivity contribution in [1.29, 1.82) is 0 Å². The first-order valence-electron chi connectivity index (χ1n) is 7.04. The topological polar surface area (TPSA) is 84.9 Å². The van der Waals surface area contributed by atoms with Crippen LogP contribution in [0.1, 0.15) is 30.1 Å². The third kappa shape index (κ3) is 3.10. The Labute approximate surface area is 138 Å². The van der Waals surface area contributed by atoms with E-state index in [0.717, 1.165) is 11.3 Å². The molecule has 0 radical (unpaired) electrons. The molecule has 1 heterocycles. The Bertz CT molecular complexity index is 662. The van der Waals surface area contributed by atoms with E-state index in [0.29, 0.717) is 6.42 Å². The maximum Gasteiger partial charge on any atom is 0.341 e. The molecule has 1 fully saturated rings. The highest BCUT2D eigenvalue weighted by atomic mass is 35.5. The van der Waals surface area contributed by atoms with Crippen molar-refractivity contribution in [3.63, 3.8) is 0 Å². The zero-order valence-corrected chi connectivity index (χ0v) is 13.8. The second-order valence-electron chi connectivity index (χ2n) is 4.96. The summed E-state index contributed by atoms with van der Waals surface area (Å²) in [5.74, 6) is -0.848. The number of carbonyl (C=O) groups excluding carboxylic acids is 3. The molecule has 8 heteroatoms. The summed E-state index contributed by atoms with van der Waals surface area (Å²) in [6.45, 7) is 1.92. The van der Waals surface area contributed by atoms with E-state index in [1.807, 2.05) is 6.92 Å². The van der Waals surface area contributed by atoms with E-state index in [-0.39, 0.29) is 27.9 Å². The van der Waals surface area contributed by atoms with Gasteiger partial charge in [0.15, 0.2) is 0 Å². The van der Waals surface area contributed by atoms with E-state index < -0.39 is 18.0 Å². The summed E-state index contributed by atoms with van der Waals surface area (Å²) < 4.78 is 9.79. The van der Waals surface area contributed by atoms with Crippen molar-refractivity contribution in [2.24, 2.45) is 0 Å². The van der Waals surface area contributed by atoms with Gasteiger partial charge in [-0.25, -0.2) is 14.5 Å². The average Bonchev–Trinajstić information content (AvgIpc) is 2.81. The first-order chi connectivity index (χ1) is 10.9. The molecule has 0 saturated carbocycles. The Balaban J connectivity index is 2.46. The lowest BCUT2D eigenvalue weighted by molar-refractivity contribution is -0.118. The van der Waals surface area contributed by atoms with Gasteiger partial charge < -0.3 is 14.8 Å². The van der Waals surface area contributed by atoms with Crippen molar-refractivity contribution in [3.05, 3.63) is 22.7 Å². The zero-order chi connectivity index (χ0) is 17.1. The first kappa shape index (κ1) is 17.1. The van der Waals surface area contributed by atoms with Crippen LogP contribution in [0.4, 0.5) is 10.5 Å². The predicted octanol–water partition coefficient (Wildman–Crippen LogP) is 2.36. The fraction of sp³-hybridized carbons (Fsp3) is 0.400. The van der Waals surface area contributed by atoms with Gasteiger partial charge in [-0.1, -0.05) is 24.9 Å². The number of halogens is 1. The molecule has 124 valence electrons. The van der Waals surface area contributed by atoms with E-state index in [1.165, 1.54) is 26.4 Å². The third-order valence-electron chi connectivity index (χ3n) is 3.51. The van der Waals surface area contributed by atoms with Crippen molar-refractivity contribution in [1.82, 2.24) is 5.32 Å². The van der Waals surface area contributed by atoms with Gasteiger partial charge in [0.25, 0.3) is 5.91 Å². The molecule has 1 saturated heterocycles. The summed E-state index contributed by atoms with van der Waals surface area (Å²) in [5.41, 5.74) is 0.276. The van der Waals surface area contributed by atoms with Crippen LogP contribution in [0.15, 0.2) is 12.1 Å². The van der Waals surface area contributed by atoms with Crippen LogP contribution >= 0.6 is 11.6 Å². The van der Waals surface area contributed by atoms with E-state index in [4.69, 9.17) is 16.3 Å². The van der Waals surface area contributed by atoms with Gasteiger partial charge in [-0.2, -0.15) is 0 Å². The summed E-state index contributed by atoms with van der Waals surface area (Å²) in [6.07, 6.45) is 1.29. The number of hydrogen-bond donors (Lipinski definition) is 1. The van der Waals surface area contributed by atoms with E-state index in [9.17, 15) is 14.4 Å². The summed E-state index contributed by atoms with van der Waals surface area (Å²) >= 11 is 6.16. The average molecular weight is 341 g/mol. The molecule has 0 aliphatic carbocycles. The summed E-state index contributed by atoms with van der Waals surface area (Å²) in [4.78, 5) is 37.2. The van der Waals surface area contributed by atoms with Crippen LogP contribution in [-0.2, 0) is 9.53 Å². The molecular formula is C15H17ClN2O5. The van der Waals surface area contributed by atoms with Crippen LogP contribution in [0.5, 0.6) is 5.75 Å². The highest BCUT2D eigenvalue weighted by Gasteiger charge is 2.39. The van der Waals surface area contributed by atoms with Crippen LogP contribution in [-0.4, -0.2) is 38.2 Å². The smallest absolute Gasteiger partial charge is 0.341 e. The number of imide groups is 1. The fourth-order valence-electron chi connectivity index (χ4n) is 2.40. The summed E-state index contributed by atoms with van der Waals surface area (Å²) in [7, 11) is 2.60. The molecule has 0 bridgehead atoms. The Kier molecular flexibility index (Phi) is 5.10. The van der Waals surface area contributed by atoms with Crippen molar-refractivity contribution in [3.8, 4) is 5.75 Å². The van der Waals surface area contributed by atoms with Crippen LogP contribution in [0.25, 0.3) is 0 Å². The summed E-state index contributed by atoms with van der Waals surface area (Å²) in [6, 6.07) is 1.56. The molecule has 1 aromatic carbocycles. The van der Waals surface area contributed by atoms with Crippen molar-refractivity contribution in [2.75, 3.05) is 19.1 Å². The minimum atomic E-state index is -0.628. The van der Waals surface area contributed by atoms with E-state index in [1.54, 1.807) is 0 Å². The Hall–Kier alpha value is -2.28. The van der Waals surface area contributed by atoms with Gasteiger partial charge in [0.05, 0.1) is 24.9 Å². The number of ether oxygens (including phenoxy) is 2. The molecular weight excluding hydrogens is 324 g/mol. The number of hydrogen-bond acceptors (Lipinski definition) is 5. The first-order valence-corrected chi connectivity index (χ1v) is 7.42. The number of nitrogens with one attached hydrogen (secondary N) is 1. The van der Waals surface area contributed by atoms with Crippen LogP contribution < -0.4 is 15.0 Å². The molecule has 1 N–H and O–H groups in total. The number of anilines is 1. The Morgan fingerprint density at radius 3 is 2.61 bits per heavy atom. The lowest BCUT2D eigenvalue weighted by Gasteiger charge is -2.17. The molecule has 1 aliphatic rings. The van der Waals surface area contributed by atoms with Crippen molar-refractivity contribution >= 4 is 35.2 Å². The second-order valence-corrected chi connectivity index (χ2v) is 5.37. The third-order valence-corrected chi connectivity index (χ3v) is 3.81. The molecule has 7 nitrogen and oxygen atoms in total. The number of esters is 1. The largest absolute Gasteiger partial charge is 0.496 e. The van der Waals surface area contributed by atoms with Gasteiger partial charge in [0.2, 0.25) is 0 Å². The highest BCUT2D eigenvalue weighted by Crippen LogP contribution is 2.35. The van der Waals surface area contributed by atoms with Crippen molar-refractivity contribution < 1.29 is 23.9 Å². The van der Waals surface area contributed by atoms with Gasteiger partial charge in [0, 0.05) is 6.07 Å². The minimum absolute atomic E-state index is 0.0758. The number of amides is 3. The van der Waals surface area contributed by atoms with Gasteiger partial charge in [-0.05, 0) is 12.5 Å². The zero-order valence-electron chi connectivity index (χ0n) is 13.0. The van der Waals surface area contributed by atoms with Gasteiger partial charge >= 0.3 is 12.0 Å². The Morgan fingerprint density at radius 2 is 2.04 bits per heavy atom. The van der Waals surface area contributed by atoms with Gasteiger partial charge in [-0.15, -0.1) is 0 Å². The minimum Gasteiger partial charge on any atom is -0.496 e. The number of urea groups is 1. The fourth-order valence-corrected chi connectivity index (χ4v) is 2.64. The number of nitrogens with zero attached hydrogens (tertiary/aromatic N) is 1. The highest BCUT2D eigenvalue weighted by molar-refractivity contribution is 6.36. The molecule has 3 amide bonds. The summed E-state index contributed by atoms with van der Waals surface area (Å²) in [5, 5.41) is 2.69. The monoisotopic (exact) mass is 340 g/mol. The molecule has 0 spiro atoms. The molecule has 23 heavy (non-hydrogen) atoms. The van der Waals surface area contributed by atoms with E-state index >= 15 is 0 Å². The van der Waals surface area contributed by atoms with Crippen LogP contribution in [0.3, 0.4) is 0 Å².